The molecule has 3 N–H and O–H groups in total. The van der Waals surface area contributed by atoms with E-state index in [2.05, 4.69) is 23.3 Å². The first-order valence-corrected chi connectivity index (χ1v) is 8.14. The van der Waals surface area contributed by atoms with E-state index in [9.17, 15) is 4.79 Å². The molecule has 0 fully saturated rings. The fourth-order valence-corrected chi connectivity index (χ4v) is 3.37. The summed E-state index contributed by atoms with van der Waals surface area (Å²) in [6.45, 7) is 4.28. The fraction of sp³-hybridized carbons (Fsp3) is 0.500. The quantitative estimate of drug-likeness (QED) is 0.813. The van der Waals surface area contributed by atoms with Crippen LogP contribution in [-0.2, 0) is 12.8 Å². The van der Waals surface area contributed by atoms with Crippen molar-refractivity contribution in [3.05, 3.63) is 35.0 Å². The minimum absolute atomic E-state index is 0.0302. The third-order valence-corrected chi connectivity index (χ3v) is 4.65. The lowest BCUT2D eigenvalue weighted by Gasteiger charge is -2.17. The molecule has 1 aromatic carbocycles. The number of nitrogens with one attached hydrogen (secondary N) is 2. The summed E-state index contributed by atoms with van der Waals surface area (Å²) in [6.07, 6.45) is 3.92. The Kier molecular flexibility index (Phi) is 4.21. The van der Waals surface area contributed by atoms with Crippen LogP contribution in [0.15, 0.2) is 18.2 Å². The number of hydrogen-bond donors (Lipinski definition) is 3. The Bertz CT molecular complexity index is 690. The van der Waals surface area contributed by atoms with Crippen LogP contribution in [0.1, 0.15) is 48.3 Å². The van der Waals surface area contributed by atoms with Gasteiger partial charge < -0.3 is 15.4 Å². The third kappa shape index (κ3) is 2.75. The molecule has 0 spiro atoms. The van der Waals surface area contributed by atoms with Crippen molar-refractivity contribution in [3.8, 4) is 0 Å². The number of carbonyl (C=O) groups excluding carboxylic acids is 1. The van der Waals surface area contributed by atoms with Gasteiger partial charge in [-0.3, -0.25) is 4.79 Å². The van der Waals surface area contributed by atoms with Crippen molar-refractivity contribution in [2.45, 2.75) is 45.6 Å². The molecular formula is C18H24N2O2. The number of carbonyl (C=O) groups is 1. The van der Waals surface area contributed by atoms with E-state index >= 15 is 0 Å². The van der Waals surface area contributed by atoms with Crippen molar-refractivity contribution in [2.24, 2.45) is 5.92 Å². The van der Waals surface area contributed by atoms with Crippen LogP contribution in [-0.4, -0.2) is 28.6 Å². The molecule has 4 heteroatoms. The van der Waals surface area contributed by atoms with E-state index < -0.39 is 0 Å². The highest BCUT2D eigenvalue weighted by atomic mass is 16.3. The highest BCUT2D eigenvalue weighted by Crippen LogP contribution is 2.32. The lowest BCUT2D eigenvalue weighted by Crippen LogP contribution is -2.33. The molecule has 0 bridgehead atoms. The molecule has 4 nitrogen and oxygen atoms in total. The van der Waals surface area contributed by atoms with Gasteiger partial charge in [-0.25, -0.2) is 0 Å². The number of benzene rings is 1. The maximum absolute atomic E-state index is 12.5. The summed E-state index contributed by atoms with van der Waals surface area (Å²) in [4.78, 5) is 16.0. The largest absolute Gasteiger partial charge is 0.396 e. The number of amides is 1. The highest BCUT2D eigenvalue weighted by molar-refractivity contribution is 6.06. The number of aliphatic hydroxyl groups excluding tert-OH is 1. The van der Waals surface area contributed by atoms with E-state index in [4.69, 9.17) is 5.11 Å². The molecule has 0 saturated carbocycles. The summed E-state index contributed by atoms with van der Waals surface area (Å²) in [6, 6.07) is 5.91. The van der Waals surface area contributed by atoms with Gasteiger partial charge in [0.25, 0.3) is 5.91 Å². The Labute approximate surface area is 130 Å². The Hall–Kier alpha value is -1.81. The molecule has 2 unspecified atom stereocenters. The second-order valence-corrected chi connectivity index (χ2v) is 6.55. The number of hydrogen-bond acceptors (Lipinski definition) is 2. The first-order chi connectivity index (χ1) is 10.6. The van der Waals surface area contributed by atoms with Crippen molar-refractivity contribution in [1.29, 1.82) is 0 Å². The molecule has 1 aromatic heterocycles. The third-order valence-electron chi connectivity index (χ3n) is 4.65. The van der Waals surface area contributed by atoms with E-state index in [1.165, 1.54) is 23.1 Å². The normalized spacial score (nSPS) is 19.0. The van der Waals surface area contributed by atoms with Crippen LogP contribution in [0.4, 0.5) is 0 Å². The van der Waals surface area contributed by atoms with Gasteiger partial charge in [0.05, 0.1) is 11.1 Å². The molecule has 0 radical (unpaired) electrons. The van der Waals surface area contributed by atoms with Gasteiger partial charge in [-0.05, 0) is 50.2 Å². The smallest absolute Gasteiger partial charge is 0.253 e. The minimum atomic E-state index is -0.0711. The number of aliphatic hydroxyl groups is 1. The van der Waals surface area contributed by atoms with Gasteiger partial charge in [0.1, 0.15) is 0 Å². The predicted octanol–water partition coefficient (Wildman–Crippen LogP) is 2.79. The first-order valence-electron chi connectivity index (χ1n) is 8.14. The number of para-hydroxylation sites is 1. The standard InChI is InChI=1S/C18H24N2O2/c1-11-6-7-16-15(10-11)13-4-3-5-14(17(13)20-16)18(22)19-12(2)8-9-21/h3-5,11-12,20-21H,6-10H2,1-2H3,(H,19,22). The first kappa shape index (κ1) is 15.1. The zero-order valence-corrected chi connectivity index (χ0v) is 13.3. The van der Waals surface area contributed by atoms with E-state index in [0.29, 0.717) is 17.9 Å². The van der Waals surface area contributed by atoms with Gasteiger partial charge in [-0.15, -0.1) is 0 Å². The number of rotatable bonds is 4. The number of H-pyrrole nitrogens is 1. The number of aromatic amines is 1. The Morgan fingerprint density at radius 2 is 2.32 bits per heavy atom. The molecule has 1 aliphatic rings. The second-order valence-electron chi connectivity index (χ2n) is 6.55. The van der Waals surface area contributed by atoms with Crippen LogP contribution >= 0.6 is 0 Å². The average Bonchev–Trinajstić information content (AvgIpc) is 2.85. The molecule has 1 amide bonds. The molecule has 2 atom stereocenters. The molecule has 0 aliphatic heterocycles. The monoisotopic (exact) mass is 300 g/mol. The number of aryl methyl sites for hydroxylation is 1. The van der Waals surface area contributed by atoms with Crippen LogP contribution < -0.4 is 5.32 Å². The lowest BCUT2D eigenvalue weighted by molar-refractivity contribution is 0.0936. The summed E-state index contributed by atoms with van der Waals surface area (Å²) < 4.78 is 0. The zero-order valence-electron chi connectivity index (χ0n) is 13.3. The molecule has 3 rings (SSSR count). The molecule has 1 heterocycles. The molecule has 0 saturated heterocycles. The van der Waals surface area contributed by atoms with Crippen molar-refractivity contribution in [1.82, 2.24) is 10.3 Å². The van der Waals surface area contributed by atoms with Gasteiger partial charge in [0, 0.05) is 23.7 Å². The van der Waals surface area contributed by atoms with E-state index in [0.717, 1.165) is 18.4 Å². The van der Waals surface area contributed by atoms with E-state index in [1.807, 2.05) is 19.1 Å². The van der Waals surface area contributed by atoms with Crippen molar-refractivity contribution in [3.63, 3.8) is 0 Å². The van der Waals surface area contributed by atoms with Crippen molar-refractivity contribution >= 4 is 16.8 Å². The van der Waals surface area contributed by atoms with Gasteiger partial charge >= 0.3 is 0 Å². The lowest BCUT2D eigenvalue weighted by atomic mass is 9.87. The Morgan fingerprint density at radius 3 is 3.09 bits per heavy atom. The summed E-state index contributed by atoms with van der Waals surface area (Å²) in [5.41, 5.74) is 4.32. The van der Waals surface area contributed by atoms with Gasteiger partial charge in [-0.1, -0.05) is 19.1 Å². The predicted molar refractivity (Wildman–Crippen MR) is 88.1 cm³/mol. The summed E-state index contributed by atoms with van der Waals surface area (Å²) in [5.74, 6) is 0.631. The Morgan fingerprint density at radius 1 is 1.50 bits per heavy atom. The van der Waals surface area contributed by atoms with Crippen LogP contribution in [0.25, 0.3) is 10.9 Å². The van der Waals surface area contributed by atoms with Crippen molar-refractivity contribution in [2.75, 3.05) is 6.61 Å². The maximum atomic E-state index is 12.5. The van der Waals surface area contributed by atoms with Crippen LogP contribution in [0, 0.1) is 5.92 Å². The van der Waals surface area contributed by atoms with E-state index in [-0.39, 0.29) is 18.6 Å². The SMILES string of the molecule is CC1CCc2[nH]c3c(C(=O)NC(C)CCO)cccc3c2C1. The maximum Gasteiger partial charge on any atom is 0.253 e. The number of aromatic nitrogens is 1. The Balaban J connectivity index is 1.96. The minimum Gasteiger partial charge on any atom is -0.396 e. The van der Waals surface area contributed by atoms with Crippen LogP contribution in [0.2, 0.25) is 0 Å². The average molecular weight is 300 g/mol. The van der Waals surface area contributed by atoms with E-state index in [1.54, 1.807) is 0 Å². The van der Waals surface area contributed by atoms with Gasteiger partial charge in [0.2, 0.25) is 0 Å². The zero-order chi connectivity index (χ0) is 15.7. The molecule has 22 heavy (non-hydrogen) atoms. The van der Waals surface area contributed by atoms with Crippen molar-refractivity contribution < 1.29 is 9.90 Å². The summed E-state index contributed by atoms with van der Waals surface area (Å²) in [7, 11) is 0. The van der Waals surface area contributed by atoms with Gasteiger partial charge in [0.15, 0.2) is 0 Å². The van der Waals surface area contributed by atoms with Crippen LogP contribution in [0.3, 0.4) is 0 Å². The highest BCUT2D eigenvalue weighted by Gasteiger charge is 2.22. The van der Waals surface area contributed by atoms with Gasteiger partial charge in [-0.2, -0.15) is 0 Å². The molecule has 118 valence electrons. The fourth-order valence-electron chi connectivity index (χ4n) is 3.37. The topological polar surface area (TPSA) is 65.1 Å². The number of fused-ring (bicyclic) bond motifs is 3. The van der Waals surface area contributed by atoms with Crippen LogP contribution in [0.5, 0.6) is 0 Å². The molecular weight excluding hydrogens is 276 g/mol. The second kappa shape index (κ2) is 6.13. The molecule has 1 aliphatic carbocycles. The molecule has 2 aromatic rings. The summed E-state index contributed by atoms with van der Waals surface area (Å²) in [5, 5.41) is 13.1. The summed E-state index contributed by atoms with van der Waals surface area (Å²) >= 11 is 0.